The third-order valence-electron chi connectivity index (χ3n) is 4.10. The Morgan fingerprint density at radius 3 is 2.22 bits per heavy atom. The molecule has 1 rings (SSSR count). The van der Waals surface area contributed by atoms with Gasteiger partial charge in [-0.2, -0.15) is 0 Å². The Bertz CT molecular complexity index is 509. The number of phenolic OH excluding ortho intramolecular Hbond substituents is 1. The number of carbonyl (C=O) groups is 1. The first-order valence-electron chi connectivity index (χ1n) is 8.82. The molecule has 4 nitrogen and oxygen atoms in total. The molecule has 0 aliphatic rings. The highest BCUT2D eigenvalue weighted by Crippen LogP contribution is 2.37. The maximum Gasteiger partial charge on any atom is 0.511 e. The molecule has 0 aliphatic heterocycles. The molecular weight excluding hydrogens is 292 g/mol. The Morgan fingerprint density at radius 1 is 0.957 bits per heavy atom. The summed E-state index contributed by atoms with van der Waals surface area (Å²) in [5.41, 5.74) is 3.19. The second kappa shape index (κ2) is 10.1. The summed E-state index contributed by atoms with van der Waals surface area (Å²) in [5.74, 6) is 0.0762. The van der Waals surface area contributed by atoms with Gasteiger partial charge < -0.3 is 14.9 Å². The molecule has 4 heteroatoms. The van der Waals surface area contributed by atoms with Crippen molar-refractivity contribution in [2.75, 3.05) is 0 Å². The normalized spacial score (nSPS) is 10.7. The van der Waals surface area contributed by atoms with Gasteiger partial charge >= 0.3 is 6.16 Å². The highest BCUT2D eigenvalue weighted by Gasteiger charge is 2.19. The largest absolute Gasteiger partial charge is 0.511 e. The van der Waals surface area contributed by atoms with Gasteiger partial charge in [0.25, 0.3) is 0 Å². The monoisotopic (exact) mass is 322 g/mol. The molecule has 0 radical (unpaired) electrons. The van der Waals surface area contributed by atoms with Crippen LogP contribution < -0.4 is 4.74 Å². The zero-order valence-corrected chi connectivity index (χ0v) is 14.7. The second-order valence-electron chi connectivity index (χ2n) is 6.02. The lowest BCUT2D eigenvalue weighted by molar-refractivity contribution is 0.142. The van der Waals surface area contributed by atoms with Gasteiger partial charge in [-0.1, -0.05) is 46.5 Å². The van der Waals surface area contributed by atoms with Crippen molar-refractivity contribution in [2.45, 2.75) is 78.6 Å². The first-order chi connectivity index (χ1) is 11.0. The van der Waals surface area contributed by atoms with Crippen LogP contribution in [0.4, 0.5) is 4.79 Å². The number of unbranched alkanes of at least 4 members (excludes halogenated alkanes) is 3. The van der Waals surface area contributed by atoms with Gasteiger partial charge in [-0.15, -0.1) is 0 Å². The van der Waals surface area contributed by atoms with E-state index in [0.717, 1.165) is 68.9 Å². The van der Waals surface area contributed by atoms with E-state index in [4.69, 9.17) is 9.84 Å². The van der Waals surface area contributed by atoms with Crippen LogP contribution in [0.5, 0.6) is 11.5 Å². The van der Waals surface area contributed by atoms with Crippen molar-refractivity contribution in [2.24, 2.45) is 0 Å². The van der Waals surface area contributed by atoms with Crippen LogP contribution in [0.25, 0.3) is 0 Å². The van der Waals surface area contributed by atoms with Gasteiger partial charge in [0.2, 0.25) is 0 Å². The van der Waals surface area contributed by atoms with Crippen molar-refractivity contribution in [3.05, 3.63) is 22.8 Å². The van der Waals surface area contributed by atoms with Crippen molar-refractivity contribution in [3.63, 3.8) is 0 Å². The van der Waals surface area contributed by atoms with E-state index < -0.39 is 6.16 Å². The predicted octanol–water partition coefficient (Wildman–Crippen LogP) is 5.48. The molecular formula is C19H30O4. The average Bonchev–Trinajstić information content (AvgIpc) is 2.51. The van der Waals surface area contributed by atoms with E-state index in [1.54, 1.807) is 6.07 Å². The summed E-state index contributed by atoms with van der Waals surface area (Å²) in [6.45, 7) is 6.37. The Labute approximate surface area is 139 Å². The van der Waals surface area contributed by atoms with E-state index in [1.165, 1.54) is 5.56 Å². The fourth-order valence-corrected chi connectivity index (χ4v) is 2.94. The third-order valence-corrected chi connectivity index (χ3v) is 4.10. The van der Waals surface area contributed by atoms with Gasteiger partial charge in [-0.3, -0.25) is 0 Å². The number of aryl methyl sites for hydroxylation is 1. The summed E-state index contributed by atoms with van der Waals surface area (Å²) in [6.07, 6.45) is 7.60. The molecule has 0 aromatic heterocycles. The first-order valence-corrected chi connectivity index (χ1v) is 8.82. The number of phenols is 1. The molecule has 1 aromatic carbocycles. The molecule has 1 aromatic rings. The molecule has 0 atom stereocenters. The summed E-state index contributed by atoms with van der Waals surface area (Å²) >= 11 is 0. The Hall–Kier alpha value is -1.71. The van der Waals surface area contributed by atoms with Crippen LogP contribution in [0.15, 0.2) is 6.07 Å². The zero-order chi connectivity index (χ0) is 17.2. The van der Waals surface area contributed by atoms with E-state index >= 15 is 0 Å². The first kappa shape index (κ1) is 19.3. The SMILES string of the molecule is CCCCCc1c(CCCC)cc(OC(=O)O)c(O)c1CCC. The van der Waals surface area contributed by atoms with E-state index in [0.29, 0.717) is 0 Å². The molecule has 0 saturated carbocycles. The Kier molecular flexibility index (Phi) is 8.52. The lowest BCUT2D eigenvalue weighted by Crippen LogP contribution is -2.08. The number of ether oxygens (including phenoxy) is 1. The van der Waals surface area contributed by atoms with Gasteiger partial charge in [0, 0.05) is 5.56 Å². The van der Waals surface area contributed by atoms with Crippen molar-refractivity contribution in [3.8, 4) is 11.5 Å². The van der Waals surface area contributed by atoms with Crippen LogP contribution in [0, 0.1) is 0 Å². The highest BCUT2D eigenvalue weighted by molar-refractivity contribution is 5.65. The summed E-state index contributed by atoms with van der Waals surface area (Å²) in [7, 11) is 0. The average molecular weight is 322 g/mol. The minimum atomic E-state index is -1.39. The standard InChI is InChI=1S/C19H30O4/c1-4-7-9-12-15-14(11-8-5-2)13-17(23-19(21)22)18(20)16(15)10-6-3/h13,20H,4-12H2,1-3H3,(H,21,22). The molecule has 0 amide bonds. The third kappa shape index (κ3) is 5.77. The highest BCUT2D eigenvalue weighted by atomic mass is 16.7. The second-order valence-corrected chi connectivity index (χ2v) is 6.02. The number of hydrogen-bond acceptors (Lipinski definition) is 3. The van der Waals surface area contributed by atoms with Crippen LogP contribution >= 0.6 is 0 Å². The smallest absolute Gasteiger partial charge is 0.504 e. The van der Waals surface area contributed by atoms with Crippen molar-refractivity contribution in [1.82, 2.24) is 0 Å². The van der Waals surface area contributed by atoms with Gasteiger partial charge in [0.1, 0.15) is 0 Å². The number of benzene rings is 1. The van der Waals surface area contributed by atoms with Gasteiger partial charge in [0.15, 0.2) is 11.5 Å². The number of carboxylic acid groups (broad SMARTS) is 1. The minimum absolute atomic E-state index is 0.000923. The van der Waals surface area contributed by atoms with Crippen LogP contribution in [0.2, 0.25) is 0 Å². The van der Waals surface area contributed by atoms with Gasteiger partial charge in [-0.05, 0) is 49.3 Å². The topological polar surface area (TPSA) is 66.8 Å². The van der Waals surface area contributed by atoms with Gasteiger partial charge in [0.05, 0.1) is 0 Å². The number of aromatic hydroxyl groups is 1. The lowest BCUT2D eigenvalue weighted by Gasteiger charge is -2.19. The van der Waals surface area contributed by atoms with Crippen molar-refractivity contribution < 1.29 is 19.7 Å². The minimum Gasteiger partial charge on any atom is -0.504 e. The summed E-state index contributed by atoms with van der Waals surface area (Å²) in [5, 5.41) is 19.4. The molecule has 0 heterocycles. The molecule has 0 bridgehead atoms. The molecule has 0 spiro atoms. The maximum atomic E-state index is 10.9. The van der Waals surface area contributed by atoms with Crippen molar-refractivity contribution in [1.29, 1.82) is 0 Å². The summed E-state index contributed by atoms with van der Waals surface area (Å²) < 4.78 is 4.80. The van der Waals surface area contributed by atoms with E-state index in [1.807, 2.05) is 0 Å². The molecule has 130 valence electrons. The van der Waals surface area contributed by atoms with Crippen LogP contribution in [-0.4, -0.2) is 16.4 Å². The molecule has 0 unspecified atom stereocenters. The van der Waals surface area contributed by atoms with E-state index in [-0.39, 0.29) is 11.5 Å². The molecule has 2 N–H and O–H groups in total. The summed E-state index contributed by atoms with van der Waals surface area (Å²) in [4.78, 5) is 10.9. The number of hydrogen-bond donors (Lipinski definition) is 2. The van der Waals surface area contributed by atoms with Crippen LogP contribution in [-0.2, 0) is 19.3 Å². The molecule has 0 saturated heterocycles. The fraction of sp³-hybridized carbons (Fsp3) is 0.632. The Morgan fingerprint density at radius 2 is 1.65 bits per heavy atom. The molecule has 0 aliphatic carbocycles. The predicted molar refractivity (Wildman–Crippen MR) is 92.6 cm³/mol. The quantitative estimate of drug-likeness (QED) is 0.340. The Balaban J connectivity index is 3.28. The van der Waals surface area contributed by atoms with E-state index in [2.05, 4.69) is 20.8 Å². The molecule has 0 fully saturated rings. The van der Waals surface area contributed by atoms with E-state index in [9.17, 15) is 9.90 Å². The summed E-state index contributed by atoms with van der Waals surface area (Å²) in [6, 6.07) is 1.72. The maximum absolute atomic E-state index is 10.9. The zero-order valence-electron chi connectivity index (χ0n) is 14.7. The lowest BCUT2D eigenvalue weighted by atomic mass is 9.90. The number of rotatable bonds is 10. The van der Waals surface area contributed by atoms with Gasteiger partial charge in [-0.25, -0.2) is 4.79 Å². The molecule has 23 heavy (non-hydrogen) atoms. The fourth-order valence-electron chi connectivity index (χ4n) is 2.94. The van der Waals surface area contributed by atoms with Crippen LogP contribution in [0.3, 0.4) is 0 Å². The van der Waals surface area contributed by atoms with Crippen molar-refractivity contribution >= 4 is 6.16 Å². The van der Waals surface area contributed by atoms with Crippen LogP contribution in [0.1, 0.15) is 76.0 Å².